The summed E-state index contributed by atoms with van der Waals surface area (Å²) in [5, 5.41) is 3.06. The average molecular weight is 321 g/mol. The van der Waals surface area contributed by atoms with Gasteiger partial charge >= 0.3 is 6.03 Å². The Morgan fingerprint density at radius 1 is 1.22 bits per heavy atom. The van der Waals surface area contributed by atoms with E-state index in [1.165, 1.54) is 30.6 Å². The first kappa shape index (κ1) is 16.7. The maximum absolute atomic E-state index is 13.1. The van der Waals surface area contributed by atoms with Crippen LogP contribution in [0.4, 0.5) is 4.79 Å². The number of amides is 3. The molecule has 1 aliphatic heterocycles. The van der Waals surface area contributed by atoms with Crippen LogP contribution < -0.4 is 5.32 Å². The van der Waals surface area contributed by atoms with Crippen molar-refractivity contribution >= 4 is 11.9 Å². The number of hydrogen-bond donors (Lipinski definition) is 1. The second-order valence-electron chi connectivity index (χ2n) is 8.94. The molecule has 0 bridgehead atoms. The summed E-state index contributed by atoms with van der Waals surface area (Å²) < 4.78 is 0. The summed E-state index contributed by atoms with van der Waals surface area (Å²) in [6.45, 7) is 7.02. The molecular weight excluding hydrogens is 290 g/mol. The summed E-state index contributed by atoms with van der Waals surface area (Å²) >= 11 is 0. The van der Waals surface area contributed by atoms with Gasteiger partial charge in [-0.1, -0.05) is 33.6 Å². The van der Waals surface area contributed by atoms with Gasteiger partial charge in [0.2, 0.25) is 0 Å². The van der Waals surface area contributed by atoms with Crippen molar-refractivity contribution in [1.29, 1.82) is 0 Å². The number of urea groups is 1. The molecule has 23 heavy (non-hydrogen) atoms. The average Bonchev–Trinajstić information content (AvgIpc) is 3.00. The molecule has 3 amide bonds. The highest BCUT2D eigenvalue weighted by Gasteiger charge is 2.56. The highest BCUT2D eigenvalue weighted by atomic mass is 16.2. The normalized spacial score (nSPS) is 34.7. The van der Waals surface area contributed by atoms with Crippen LogP contribution in [0.5, 0.6) is 0 Å². The zero-order chi connectivity index (χ0) is 16.8. The molecule has 0 radical (unpaired) electrons. The van der Waals surface area contributed by atoms with Gasteiger partial charge in [0.1, 0.15) is 5.54 Å². The fourth-order valence-electron chi connectivity index (χ4n) is 5.32. The van der Waals surface area contributed by atoms with Gasteiger partial charge < -0.3 is 5.32 Å². The molecule has 0 aromatic rings. The highest BCUT2D eigenvalue weighted by molar-refractivity contribution is 6.07. The minimum Gasteiger partial charge on any atom is -0.323 e. The van der Waals surface area contributed by atoms with Crippen molar-refractivity contribution in [3.05, 3.63) is 0 Å². The van der Waals surface area contributed by atoms with Crippen LogP contribution in [0, 0.1) is 11.3 Å². The van der Waals surface area contributed by atoms with Crippen molar-refractivity contribution < 1.29 is 9.59 Å². The van der Waals surface area contributed by atoms with Crippen LogP contribution in [0.2, 0.25) is 0 Å². The van der Waals surface area contributed by atoms with Crippen molar-refractivity contribution in [3.8, 4) is 0 Å². The summed E-state index contributed by atoms with van der Waals surface area (Å²) in [6.07, 6.45) is 7.49. The second kappa shape index (κ2) is 5.76. The van der Waals surface area contributed by atoms with Gasteiger partial charge in [0, 0.05) is 6.04 Å². The molecule has 5 nitrogen and oxygen atoms in total. The number of nitrogens with zero attached hydrogens (tertiary/aromatic N) is 2. The Morgan fingerprint density at radius 3 is 2.48 bits per heavy atom. The third-order valence-electron chi connectivity index (χ3n) is 5.94. The van der Waals surface area contributed by atoms with E-state index in [2.05, 4.69) is 31.0 Å². The van der Waals surface area contributed by atoms with E-state index in [0.717, 1.165) is 19.3 Å². The SMILES string of the molecule is CC1CC(C)(C)CC2(C1)NC(=O)N(CN(C)C1CCCC1)C2=O. The highest BCUT2D eigenvalue weighted by Crippen LogP contribution is 2.46. The van der Waals surface area contributed by atoms with E-state index in [4.69, 9.17) is 0 Å². The van der Waals surface area contributed by atoms with E-state index < -0.39 is 5.54 Å². The summed E-state index contributed by atoms with van der Waals surface area (Å²) in [4.78, 5) is 29.2. The first-order valence-electron chi connectivity index (χ1n) is 9.07. The molecule has 1 N–H and O–H groups in total. The van der Waals surface area contributed by atoms with Crippen LogP contribution in [-0.4, -0.2) is 47.0 Å². The molecule has 0 aromatic heterocycles. The van der Waals surface area contributed by atoms with Gasteiger partial charge in [0.15, 0.2) is 0 Å². The monoisotopic (exact) mass is 321 g/mol. The van der Waals surface area contributed by atoms with Crippen LogP contribution in [0.3, 0.4) is 0 Å². The molecule has 130 valence electrons. The molecule has 2 saturated carbocycles. The van der Waals surface area contributed by atoms with Gasteiger partial charge in [-0.05, 0) is 50.5 Å². The fraction of sp³-hybridized carbons (Fsp3) is 0.889. The molecule has 1 saturated heterocycles. The van der Waals surface area contributed by atoms with E-state index >= 15 is 0 Å². The molecule has 2 atom stereocenters. The summed E-state index contributed by atoms with van der Waals surface area (Å²) in [6, 6.07) is 0.304. The number of hydrogen-bond acceptors (Lipinski definition) is 3. The van der Waals surface area contributed by atoms with Crippen molar-refractivity contribution in [2.24, 2.45) is 11.3 Å². The lowest BCUT2D eigenvalue weighted by atomic mass is 9.64. The summed E-state index contributed by atoms with van der Waals surface area (Å²) in [7, 11) is 2.04. The Morgan fingerprint density at radius 2 is 1.87 bits per heavy atom. The smallest absolute Gasteiger partial charge is 0.323 e. The third-order valence-corrected chi connectivity index (χ3v) is 5.94. The lowest BCUT2D eigenvalue weighted by Gasteiger charge is -2.44. The zero-order valence-electron chi connectivity index (χ0n) is 15.0. The second-order valence-corrected chi connectivity index (χ2v) is 8.94. The predicted molar refractivity (Wildman–Crippen MR) is 89.8 cm³/mol. The maximum atomic E-state index is 13.1. The predicted octanol–water partition coefficient (Wildman–Crippen LogP) is 2.96. The van der Waals surface area contributed by atoms with Crippen LogP contribution in [0.1, 0.15) is 65.7 Å². The standard InChI is InChI=1S/C18H31N3O2/c1-13-9-17(2,3)11-18(10-13)15(22)21(16(23)19-18)12-20(4)14-7-5-6-8-14/h13-14H,5-12H2,1-4H3,(H,19,23). The maximum Gasteiger partial charge on any atom is 0.326 e. The molecular formula is C18H31N3O2. The minimum absolute atomic E-state index is 0.00743. The van der Waals surface area contributed by atoms with Crippen LogP contribution in [0.15, 0.2) is 0 Å². The van der Waals surface area contributed by atoms with Gasteiger partial charge in [0.05, 0.1) is 6.67 Å². The molecule has 3 rings (SSSR count). The Hall–Kier alpha value is -1.10. The molecule has 5 heteroatoms. The number of nitrogens with one attached hydrogen (secondary N) is 1. The van der Waals surface area contributed by atoms with Crippen molar-refractivity contribution in [2.75, 3.05) is 13.7 Å². The van der Waals surface area contributed by atoms with Crippen LogP contribution in [-0.2, 0) is 4.79 Å². The Balaban J connectivity index is 1.74. The van der Waals surface area contributed by atoms with E-state index in [1.807, 2.05) is 7.05 Å². The van der Waals surface area contributed by atoms with E-state index in [1.54, 1.807) is 0 Å². The first-order chi connectivity index (χ1) is 10.7. The van der Waals surface area contributed by atoms with E-state index in [9.17, 15) is 9.59 Å². The van der Waals surface area contributed by atoms with E-state index in [-0.39, 0.29) is 17.4 Å². The quantitative estimate of drug-likeness (QED) is 0.813. The summed E-state index contributed by atoms with van der Waals surface area (Å²) in [5.74, 6) is 0.447. The van der Waals surface area contributed by atoms with Gasteiger partial charge in [0.25, 0.3) is 5.91 Å². The minimum atomic E-state index is -0.672. The number of rotatable bonds is 3. The first-order valence-corrected chi connectivity index (χ1v) is 9.07. The molecule has 1 heterocycles. The Bertz CT molecular complexity index is 498. The van der Waals surface area contributed by atoms with Crippen LogP contribution >= 0.6 is 0 Å². The van der Waals surface area contributed by atoms with Crippen molar-refractivity contribution in [1.82, 2.24) is 15.1 Å². The zero-order valence-corrected chi connectivity index (χ0v) is 15.0. The largest absolute Gasteiger partial charge is 0.326 e. The number of carbonyl (C=O) groups is 2. The Kier molecular flexibility index (Phi) is 4.20. The summed E-state index contributed by atoms with van der Waals surface area (Å²) in [5.41, 5.74) is -0.581. The van der Waals surface area contributed by atoms with Crippen LogP contribution in [0.25, 0.3) is 0 Å². The van der Waals surface area contributed by atoms with Gasteiger partial charge in [-0.15, -0.1) is 0 Å². The molecule has 0 aromatic carbocycles. The molecule has 3 aliphatic rings. The topological polar surface area (TPSA) is 52.7 Å². The van der Waals surface area contributed by atoms with E-state index in [0.29, 0.717) is 18.6 Å². The third kappa shape index (κ3) is 3.12. The molecule has 1 spiro atoms. The lowest BCUT2D eigenvalue weighted by Crippen LogP contribution is -2.54. The van der Waals surface area contributed by atoms with Crippen molar-refractivity contribution in [2.45, 2.75) is 77.3 Å². The van der Waals surface area contributed by atoms with Gasteiger partial charge in [-0.2, -0.15) is 0 Å². The molecule has 2 aliphatic carbocycles. The number of imide groups is 1. The lowest BCUT2D eigenvalue weighted by molar-refractivity contribution is -0.136. The number of carbonyl (C=O) groups excluding carboxylic acids is 2. The van der Waals surface area contributed by atoms with Gasteiger partial charge in [-0.25, -0.2) is 9.69 Å². The van der Waals surface area contributed by atoms with Gasteiger partial charge in [-0.3, -0.25) is 9.69 Å². The Labute approximate surface area is 139 Å². The van der Waals surface area contributed by atoms with Crippen molar-refractivity contribution in [3.63, 3.8) is 0 Å². The molecule has 2 unspecified atom stereocenters. The fourth-order valence-corrected chi connectivity index (χ4v) is 5.32. The molecule has 3 fully saturated rings.